The average molecular weight is 270 g/mol. The molecule has 0 N–H and O–H groups in total. The quantitative estimate of drug-likeness (QED) is 0.838. The van der Waals surface area contributed by atoms with Gasteiger partial charge in [0, 0.05) is 19.2 Å². The van der Waals surface area contributed by atoms with Gasteiger partial charge in [-0.05, 0) is 13.5 Å². The van der Waals surface area contributed by atoms with Crippen molar-refractivity contribution in [2.45, 2.75) is 26.6 Å². The molecule has 0 fully saturated rings. The van der Waals surface area contributed by atoms with E-state index in [1.165, 1.54) is 9.58 Å². The van der Waals surface area contributed by atoms with Gasteiger partial charge in [0.25, 0.3) is 0 Å². The molecule has 3 nitrogen and oxygen atoms in total. The van der Waals surface area contributed by atoms with Crippen LogP contribution in [0.2, 0.25) is 5.15 Å². The van der Waals surface area contributed by atoms with E-state index in [0.29, 0.717) is 23.0 Å². The molecule has 7 heteroatoms. The molecule has 0 aliphatic carbocycles. The lowest BCUT2D eigenvalue weighted by Crippen LogP contribution is -2.33. The zero-order valence-corrected chi connectivity index (χ0v) is 10.7. The van der Waals surface area contributed by atoms with Crippen molar-refractivity contribution in [2.24, 2.45) is 7.05 Å². The maximum Gasteiger partial charge on any atom is 0.401 e. The van der Waals surface area contributed by atoms with Crippen LogP contribution in [0.4, 0.5) is 13.2 Å². The Morgan fingerprint density at radius 2 is 2.00 bits per heavy atom. The second-order valence-electron chi connectivity index (χ2n) is 3.90. The molecule has 0 radical (unpaired) electrons. The number of rotatable bonds is 4. The summed E-state index contributed by atoms with van der Waals surface area (Å²) < 4.78 is 38.4. The Bertz CT molecular complexity index is 387. The monoisotopic (exact) mass is 269 g/mol. The summed E-state index contributed by atoms with van der Waals surface area (Å²) in [5, 5.41) is 4.46. The lowest BCUT2D eigenvalue weighted by atomic mass is 10.2. The zero-order chi connectivity index (χ0) is 13.2. The van der Waals surface area contributed by atoms with E-state index in [2.05, 4.69) is 5.10 Å². The number of aromatic nitrogens is 2. The topological polar surface area (TPSA) is 21.1 Å². The summed E-state index contributed by atoms with van der Waals surface area (Å²) in [4.78, 5) is 1.29. The smallest absolute Gasteiger partial charge is 0.291 e. The normalized spacial score (nSPS) is 12.5. The van der Waals surface area contributed by atoms with Crippen LogP contribution in [0.5, 0.6) is 0 Å². The van der Waals surface area contributed by atoms with Gasteiger partial charge >= 0.3 is 6.18 Å². The van der Waals surface area contributed by atoms with Gasteiger partial charge in [-0.25, -0.2) is 0 Å². The van der Waals surface area contributed by atoms with Crippen LogP contribution in [0, 0.1) is 6.92 Å². The zero-order valence-electron chi connectivity index (χ0n) is 9.97. The van der Waals surface area contributed by atoms with Crippen molar-refractivity contribution in [1.29, 1.82) is 0 Å². The van der Waals surface area contributed by atoms with Crippen molar-refractivity contribution >= 4 is 11.6 Å². The standard InChI is InChI=1S/C10H15ClF3N3/c1-4-17(6-10(12,13)14)5-8-7(2)15-16(3)9(8)11/h4-6H2,1-3H3. The Balaban J connectivity index is 2.81. The molecular formula is C10H15ClF3N3. The fraction of sp³-hybridized carbons (Fsp3) is 0.700. The molecule has 0 saturated heterocycles. The highest BCUT2D eigenvalue weighted by Crippen LogP contribution is 2.23. The molecule has 0 saturated carbocycles. The highest BCUT2D eigenvalue weighted by molar-refractivity contribution is 6.30. The van der Waals surface area contributed by atoms with Crippen LogP contribution in [-0.2, 0) is 13.6 Å². The van der Waals surface area contributed by atoms with Crippen LogP contribution in [0.25, 0.3) is 0 Å². The molecule has 0 bridgehead atoms. The maximum absolute atomic E-state index is 12.3. The first kappa shape index (κ1) is 14.3. The van der Waals surface area contributed by atoms with Gasteiger partial charge in [0.05, 0.1) is 12.2 Å². The number of hydrogen-bond donors (Lipinski definition) is 0. The summed E-state index contributed by atoms with van der Waals surface area (Å²) in [6.07, 6.45) is -4.20. The third-order valence-corrected chi connectivity index (χ3v) is 2.97. The van der Waals surface area contributed by atoms with E-state index in [4.69, 9.17) is 11.6 Å². The number of nitrogens with zero attached hydrogens (tertiary/aromatic N) is 3. The first-order valence-electron chi connectivity index (χ1n) is 5.21. The molecule has 1 aromatic heterocycles. The molecule has 98 valence electrons. The molecule has 0 unspecified atom stereocenters. The summed E-state index contributed by atoms with van der Waals surface area (Å²) >= 11 is 5.98. The van der Waals surface area contributed by atoms with Crippen molar-refractivity contribution in [3.63, 3.8) is 0 Å². The second-order valence-corrected chi connectivity index (χ2v) is 4.25. The van der Waals surface area contributed by atoms with E-state index in [9.17, 15) is 13.2 Å². The summed E-state index contributed by atoms with van der Waals surface area (Å²) in [6.45, 7) is 2.96. The minimum atomic E-state index is -4.20. The van der Waals surface area contributed by atoms with Gasteiger partial charge in [0.2, 0.25) is 0 Å². The van der Waals surface area contributed by atoms with Crippen LogP contribution in [-0.4, -0.2) is 33.9 Å². The summed E-state index contributed by atoms with van der Waals surface area (Å²) in [6, 6.07) is 0. The maximum atomic E-state index is 12.3. The SMILES string of the molecule is CCN(Cc1c(C)nn(C)c1Cl)CC(F)(F)F. The van der Waals surface area contributed by atoms with E-state index in [0.717, 1.165) is 0 Å². The first-order valence-corrected chi connectivity index (χ1v) is 5.59. The van der Waals surface area contributed by atoms with Gasteiger partial charge in [-0.2, -0.15) is 18.3 Å². The molecular weight excluding hydrogens is 255 g/mol. The van der Waals surface area contributed by atoms with Gasteiger partial charge in [0.1, 0.15) is 5.15 Å². The third kappa shape index (κ3) is 3.89. The highest BCUT2D eigenvalue weighted by Gasteiger charge is 2.30. The molecule has 0 atom stereocenters. The van der Waals surface area contributed by atoms with Crippen LogP contribution >= 0.6 is 11.6 Å². The van der Waals surface area contributed by atoms with Crippen molar-refractivity contribution in [1.82, 2.24) is 14.7 Å². The molecule has 0 amide bonds. The molecule has 0 spiro atoms. The van der Waals surface area contributed by atoms with E-state index >= 15 is 0 Å². The Kier molecular flexibility index (Phi) is 4.43. The second kappa shape index (κ2) is 5.27. The summed E-state index contributed by atoms with van der Waals surface area (Å²) in [5.41, 5.74) is 1.32. The Morgan fingerprint density at radius 3 is 2.35 bits per heavy atom. The number of hydrogen-bond acceptors (Lipinski definition) is 2. The summed E-state index contributed by atoms with van der Waals surface area (Å²) in [5.74, 6) is 0. The molecule has 1 aromatic rings. The minimum absolute atomic E-state index is 0.161. The predicted molar refractivity (Wildman–Crippen MR) is 60.0 cm³/mol. The van der Waals surface area contributed by atoms with Crippen molar-refractivity contribution < 1.29 is 13.2 Å². The van der Waals surface area contributed by atoms with Crippen molar-refractivity contribution in [2.75, 3.05) is 13.1 Å². The third-order valence-electron chi connectivity index (χ3n) is 2.50. The number of aryl methyl sites for hydroxylation is 2. The van der Waals surface area contributed by atoms with Crippen molar-refractivity contribution in [3.8, 4) is 0 Å². The van der Waals surface area contributed by atoms with Crippen LogP contribution in [0.15, 0.2) is 0 Å². The molecule has 1 heterocycles. The van der Waals surface area contributed by atoms with Gasteiger partial charge in [-0.3, -0.25) is 9.58 Å². The van der Waals surface area contributed by atoms with Gasteiger partial charge in [-0.15, -0.1) is 0 Å². The molecule has 0 aliphatic rings. The number of halogens is 4. The van der Waals surface area contributed by atoms with Crippen LogP contribution in [0.1, 0.15) is 18.2 Å². The largest absolute Gasteiger partial charge is 0.401 e. The lowest BCUT2D eigenvalue weighted by molar-refractivity contribution is -0.146. The fourth-order valence-electron chi connectivity index (χ4n) is 1.61. The number of alkyl halides is 3. The Morgan fingerprint density at radius 1 is 1.41 bits per heavy atom. The first-order chi connectivity index (χ1) is 7.74. The summed E-state index contributed by atoms with van der Waals surface area (Å²) in [7, 11) is 1.67. The Labute approximate surface area is 103 Å². The fourth-order valence-corrected chi connectivity index (χ4v) is 1.84. The Hall–Kier alpha value is -0.750. The average Bonchev–Trinajstić information content (AvgIpc) is 2.42. The van der Waals surface area contributed by atoms with Gasteiger partial charge < -0.3 is 0 Å². The van der Waals surface area contributed by atoms with Gasteiger partial charge in [0.15, 0.2) is 0 Å². The molecule has 0 aromatic carbocycles. The highest BCUT2D eigenvalue weighted by atomic mass is 35.5. The van der Waals surface area contributed by atoms with Gasteiger partial charge in [-0.1, -0.05) is 18.5 Å². The van der Waals surface area contributed by atoms with Crippen LogP contribution in [0.3, 0.4) is 0 Å². The minimum Gasteiger partial charge on any atom is -0.291 e. The van der Waals surface area contributed by atoms with E-state index in [-0.39, 0.29) is 6.54 Å². The van der Waals surface area contributed by atoms with Crippen molar-refractivity contribution in [3.05, 3.63) is 16.4 Å². The lowest BCUT2D eigenvalue weighted by Gasteiger charge is -2.21. The predicted octanol–water partition coefficient (Wildman–Crippen LogP) is 2.77. The van der Waals surface area contributed by atoms with E-state index in [1.807, 2.05) is 0 Å². The molecule has 1 rings (SSSR count). The molecule has 0 aliphatic heterocycles. The van der Waals surface area contributed by atoms with E-state index in [1.54, 1.807) is 20.9 Å². The van der Waals surface area contributed by atoms with E-state index < -0.39 is 12.7 Å². The van der Waals surface area contributed by atoms with Crippen LogP contribution < -0.4 is 0 Å². The molecule has 17 heavy (non-hydrogen) atoms.